The van der Waals surface area contributed by atoms with E-state index in [1.54, 1.807) is 11.8 Å². The molecule has 4 heteroatoms. The van der Waals surface area contributed by atoms with Gasteiger partial charge < -0.3 is 4.57 Å². The number of aryl methyl sites for hydroxylation is 1. The van der Waals surface area contributed by atoms with Gasteiger partial charge in [0.05, 0.1) is 0 Å². The molecule has 1 fully saturated rings. The topological polar surface area (TPSA) is 30.7 Å². The molecule has 1 aromatic carbocycles. The van der Waals surface area contributed by atoms with E-state index in [4.69, 9.17) is 0 Å². The molecule has 0 N–H and O–H groups in total. The number of benzene rings is 1. The number of hydrogen-bond donors (Lipinski definition) is 0. The lowest BCUT2D eigenvalue weighted by molar-refractivity contribution is 0.594. The van der Waals surface area contributed by atoms with Crippen molar-refractivity contribution in [2.45, 2.75) is 56.0 Å². The first-order valence-corrected chi connectivity index (χ1v) is 8.99. The van der Waals surface area contributed by atoms with Crippen LogP contribution in [0.4, 0.5) is 0 Å². The zero-order chi connectivity index (χ0) is 15.4. The van der Waals surface area contributed by atoms with Crippen molar-refractivity contribution in [3.05, 3.63) is 53.9 Å². The van der Waals surface area contributed by atoms with Crippen molar-refractivity contribution in [2.75, 3.05) is 0 Å². The van der Waals surface area contributed by atoms with Crippen molar-refractivity contribution < 1.29 is 0 Å². The van der Waals surface area contributed by atoms with Crippen LogP contribution in [0.3, 0.4) is 0 Å². The van der Waals surface area contributed by atoms with Gasteiger partial charge in [-0.05, 0) is 25.3 Å². The van der Waals surface area contributed by atoms with E-state index in [9.17, 15) is 0 Å². The van der Waals surface area contributed by atoms with E-state index in [0.717, 1.165) is 23.3 Å². The average Bonchev–Trinajstić information content (AvgIpc) is 3.17. The summed E-state index contributed by atoms with van der Waals surface area (Å²) in [5, 5.41) is 9.94. The standard InChI is InChI=1S/C18H23N3S/c1-3-12-21-17(16-6-4-5-7-16)19-20-18(21)22-13-15-10-8-14(2)9-11-15/h3,8-11,16H,1,4-7,12-13H2,2H3. The highest BCUT2D eigenvalue weighted by atomic mass is 32.2. The molecular formula is C18H23N3S. The summed E-state index contributed by atoms with van der Waals surface area (Å²) in [6.45, 7) is 6.80. The number of hydrogen-bond acceptors (Lipinski definition) is 3. The fourth-order valence-electron chi connectivity index (χ4n) is 3.03. The summed E-state index contributed by atoms with van der Waals surface area (Å²) in [5.74, 6) is 2.67. The lowest BCUT2D eigenvalue weighted by Crippen LogP contribution is -2.07. The largest absolute Gasteiger partial charge is 0.302 e. The van der Waals surface area contributed by atoms with Crippen LogP contribution in [-0.2, 0) is 12.3 Å². The zero-order valence-electron chi connectivity index (χ0n) is 13.2. The molecule has 1 saturated carbocycles. The van der Waals surface area contributed by atoms with Crippen molar-refractivity contribution >= 4 is 11.8 Å². The summed E-state index contributed by atoms with van der Waals surface area (Å²) in [5.41, 5.74) is 2.62. The van der Waals surface area contributed by atoms with E-state index in [-0.39, 0.29) is 0 Å². The Kier molecular flexibility index (Phi) is 4.98. The van der Waals surface area contributed by atoms with Gasteiger partial charge in [-0.15, -0.1) is 16.8 Å². The Labute approximate surface area is 136 Å². The van der Waals surface area contributed by atoms with Gasteiger partial charge in [0.15, 0.2) is 5.16 Å². The Balaban J connectivity index is 1.74. The van der Waals surface area contributed by atoms with Crippen LogP contribution in [0.1, 0.15) is 48.6 Å². The minimum absolute atomic E-state index is 0.584. The average molecular weight is 313 g/mol. The van der Waals surface area contributed by atoms with Crippen LogP contribution in [0.25, 0.3) is 0 Å². The van der Waals surface area contributed by atoms with Crippen LogP contribution < -0.4 is 0 Å². The Morgan fingerprint density at radius 3 is 2.64 bits per heavy atom. The monoisotopic (exact) mass is 313 g/mol. The number of rotatable bonds is 6. The number of aromatic nitrogens is 3. The molecule has 1 aliphatic rings. The van der Waals surface area contributed by atoms with Gasteiger partial charge in [-0.3, -0.25) is 0 Å². The van der Waals surface area contributed by atoms with E-state index in [0.29, 0.717) is 5.92 Å². The highest BCUT2D eigenvalue weighted by Gasteiger charge is 2.24. The minimum Gasteiger partial charge on any atom is -0.302 e. The van der Waals surface area contributed by atoms with Crippen LogP contribution in [0, 0.1) is 6.92 Å². The summed E-state index contributed by atoms with van der Waals surface area (Å²) in [6.07, 6.45) is 7.07. The second-order valence-corrected chi connectivity index (χ2v) is 6.94. The maximum Gasteiger partial charge on any atom is 0.191 e. The van der Waals surface area contributed by atoms with Gasteiger partial charge in [0.25, 0.3) is 0 Å². The molecular weight excluding hydrogens is 290 g/mol. The van der Waals surface area contributed by atoms with Gasteiger partial charge >= 0.3 is 0 Å². The molecule has 1 aliphatic carbocycles. The first-order chi connectivity index (χ1) is 10.8. The molecule has 0 radical (unpaired) electrons. The summed E-state index contributed by atoms with van der Waals surface area (Å²) < 4.78 is 2.25. The smallest absolute Gasteiger partial charge is 0.191 e. The molecule has 1 aromatic heterocycles. The van der Waals surface area contributed by atoms with Gasteiger partial charge in [0.1, 0.15) is 5.82 Å². The molecule has 0 amide bonds. The van der Waals surface area contributed by atoms with Gasteiger partial charge in [0.2, 0.25) is 0 Å². The van der Waals surface area contributed by atoms with E-state index in [1.165, 1.54) is 36.8 Å². The van der Waals surface area contributed by atoms with Gasteiger partial charge in [-0.25, -0.2) is 0 Å². The maximum absolute atomic E-state index is 4.49. The van der Waals surface area contributed by atoms with Crippen LogP contribution in [0.2, 0.25) is 0 Å². The van der Waals surface area contributed by atoms with Crippen molar-refractivity contribution in [3.63, 3.8) is 0 Å². The molecule has 0 saturated heterocycles. The Bertz CT molecular complexity index is 624. The molecule has 1 heterocycles. The van der Waals surface area contributed by atoms with E-state index < -0.39 is 0 Å². The minimum atomic E-state index is 0.584. The third-order valence-electron chi connectivity index (χ3n) is 4.27. The molecule has 0 aliphatic heterocycles. The predicted molar refractivity (Wildman–Crippen MR) is 92.2 cm³/mol. The molecule has 0 unspecified atom stereocenters. The highest BCUT2D eigenvalue weighted by Crippen LogP contribution is 2.34. The second-order valence-electron chi connectivity index (χ2n) is 6.00. The van der Waals surface area contributed by atoms with Gasteiger partial charge in [-0.1, -0.05) is 60.5 Å². The molecule has 0 atom stereocenters. The molecule has 2 aromatic rings. The van der Waals surface area contributed by atoms with Gasteiger partial charge in [-0.2, -0.15) is 0 Å². The Hall–Kier alpha value is -1.55. The summed E-state index contributed by atoms with van der Waals surface area (Å²) in [7, 11) is 0. The lowest BCUT2D eigenvalue weighted by atomic mass is 10.1. The molecule has 0 spiro atoms. The summed E-state index contributed by atoms with van der Waals surface area (Å²) >= 11 is 1.77. The van der Waals surface area contributed by atoms with E-state index in [2.05, 4.69) is 52.5 Å². The molecule has 0 bridgehead atoms. The quantitative estimate of drug-likeness (QED) is 0.571. The normalized spacial score (nSPS) is 15.3. The van der Waals surface area contributed by atoms with Crippen LogP contribution in [-0.4, -0.2) is 14.8 Å². The molecule has 3 nitrogen and oxygen atoms in total. The van der Waals surface area contributed by atoms with Crippen molar-refractivity contribution in [3.8, 4) is 0 Å². The number of nitrogens with zero attached hydrogens (tertiary/aromatic N) is 3. The molecule has 22 heavy (non-hydrogen) atoms. The second kappa shape index (κ2) is 7.14. The first kappa shape index (κ1) is 15.3. The Morgan fingerprint density at radius 2 is 1.95 bits per heavy atom. The van der Waals surface area contributed by atoms with Crippen molar-refractivity contribution in [1.82, 2.24) is 14.8 Å². The van der Waals surface area contributed by atoms with E-state index >= 15 is 0 Å². The summed E-state index contributed by atoms with van der Waals surface area (Å²) in [4.78, 5) is 0. The third-order valence-corrected chi connectivity index (χ3v) is 5.30. The van der Waals surface area contributed by atoms with Crippen LogP contribution >= 0.6 is 11.8 Å². The highest BCUT2D eigenvalue weighted by molar-refractivity contribution is 7.98. The van der Waals surface area contributed by atoms with Crippen LogP contribution in [0.15, 0.2) is 42.1 Å². The predicted octanol–water partition coefficient (Wildman–Crippen LogP) is 4.72. The fourth-order valence-corrected chi connectivity index (χ4v) is 3.94. The maximum atomic E-state index is 4.49. The lowest BCUT2D eigenvalue weighted by Gasteiger charge is -2.12. The number of thioether (sulfide) groups is 1. The summed E-state index contributed by atoms with van der Waals surface area (Å²) in [6, 6.07) is 8.70. The van der Waals surface area contributed by atoms with E-state index in [1.807, 2.05) is 6.08 Å². The molecule has 116 valence electrons. The SMILES string of the molecule is C=CCn1c(SCc2ccc(C)cc2)nnc1C1CCCC1. The van der Waals surface area contributed by atoms with Crippen molar-refractivity contribution in [1.29, 1.82) is 0 Å². The number of allylic oxidation sites excluding steroid dienone is 1. The van der Waals surface area contributed by atoms with Crippen LogP contribution in [0.5, 0.6) is 0 Å². The zero-order valence-corrected chi connectivity index (χ0v) is 14.0. The third kappa shape index (κ3) is 3.43. The molecule has 3 rings (SSSR count). The fraction of sp³-hybridized carbons (Fsp3) is 0.444. The van der Waals surface area contributed by atoms with Gasteiger partial charge in [0, 0.05) is 18.2 Å². The first-order valence-electron chi connectivity index (χ1n) is 8.00. The van der Waals surface area contributed by atoms with Crippen molar-refractivity contribution in [2.24, 2.45) is 0 Å². The Morgan fingerprint density at radius 1 is 1.23 bits per heavy atom.